The SMILES string of the molecule is COc1ccc2cc(/C=C/C(=O)O[C@@H](C)C(=O)Nc3ccccc3C#N)ccc2c1. The minimum atomic E-state index is -1.02. The van der Waals surface area contributed by atoms with E-state index in [4.69, 9.17) is 14.7 Å². The highest BCUT2D eigenvalue weighted by molar-refractivity contribution is 5.97. The molecule has 1 N–H and O–H groups in total. The van der Waals surface area contributed by atoms with Gasteiger partial charge in [-0.05, 0) is 59.7 Å². The van der Waals surface area contributed by atoms with E-state index in [0.29, 0.717) is 11.3 Å². The van der Waals surface area contributed by atoms with Crippen LogP contribution in [0.2, 0.25) is 0 Å². The summed E-state index contributed by atoms with van der Waals surface area (Å²) in [7, 11) is 1.62. The minimum Gasteiger partial charge on any atom is -0.497 e. The minimum absolute atomic E-state index is 0.332. The van der Waals surface area contributed by atoms with Crippen molar-refractivity contribution in [1.29, 1.82) is 5.26 Å². The summed E-state index contributed by atoms with van der Waals surface area (Å²) in [5.74, 6) is -0.376. The molecule has 0 unspecified atom stereocenters. The van der Waals surface area contributed by atoms with E-state index in [-0.39, 0.29) is 0 Å². The largest absolute Gasteiger partial charge is 0.497 e. The first-order valence-corrected chi connectivity index (χ1v) is 9.26. The average Bonchev–Trinajstić information content (AvgIpc) is 2.77. The van der Waals surface area contributed by atoms with Gasteiger partial charge in [-0.25, -0.2) is 4.79 Å². The number of methoxy groups -OCH3 is 1. The first-order chi connectivity index (χ1) is 14.5. The molecule has 1 atom stereocenters. The molecule has 0 heterocycles. The average molecular weight is 400 g/mol. The molecular formula is C24H20N2O4. The number of rotatable bonds is 6. The zero-order valence-corrected chi connectivity index (χ0v) is 16.6. The molecule has 3 rings (SSSR count). The second-order valence-electron chi connectivity index (χ2n) is 6.53. The molecular weight excluding hydrogens is 380 g/mol. The molecule has 30 heavy (non-hydrogen) atoms. The number of carbonyl (C=O) groups is 2. The molecule has 6 nitrogen and oxygen atoms in total. The fourth-order valence-electron chi connectivity index (χ4n) is 2.83. The van der Waals surface area contributed by atoms with E-state index >= 15 is 0 Å². The van der Waals surface area contributed by atoms with E-state index in [1.807, 2.05) is 42.5 Å². The van der Waals surface area contributed by atoms with Crippen LogP contribution in [0.15, 0.2) is 66.7 Å². The molecule has 3 aromatic rings. The number of carbonyl (C=O) groups excluding carboxylic acids is 2. The smallest absolute Gasteiger partial charge is 0.331 e. The van der Waals surface area contributed by atoms with Gasteiger partial charge in [0, 0.05) is 6.08 Å². The number of hydrogen-bond acceptors (Lipinski definition) is 5. The number of fused-ring (bicyclic) bond motifs is 1. The molecule has 1 amide bonds. The molecule has 0 aromatic heterocycles. The van der Waals surface area contributed by atoms with Crippen molar-refractivity contribution >= 4 is 34.4 Å². The van der Waals surface area contributed by atoms with Gasteiger partial charge in [0.25, 0.3) is 5.91 Å². The fraction of sp³-hybridized carbons (Fsp3) is 0.125. The van der Waals surface area contributed by atoms with Gasteiger partial charge >= 0.3 is 5.97 Å². The van der Waals surface area contributed by atoms with E-state index in [2.05, 4.69) is 5.32 Å². The van der Waals surface area contributed by atoms with E-state index in [0.717, 1.165) is 22.1 Å². The molecule has 150 valence electrons. The van der Waals surface area contributed by atoms with E-state index in [1.165, 1.54) is 13.0 Å². The van der Waals surface area contributed by atoms with Crippen molar-refractivity contribution in [2.45, 2.75) is 13.0 Å². The molecule has 0 aliphatic rings. The summed E-state index contributed by atoms with van der Waals surface area (Å²) in [4.78, 5) is 24.4. The number of esters is 1. The van der Waals surface area contributed by atoms with Crippen LogP contribution in [-0.4, -0.2) is 25.1 Å². The van der Waals surface area contributed by atoms with Crippen molar-refractivity contribution in [3.63, 3.8) is 0 Å². The number of nitrogens with one attached hydrogen (secondary N) is 1. The lowest BCUT2D eigenvalue weighted by atomic mass is 10.1. The number of ether oxygens (including phenoxy) is 2. The van der Waals surface area contributed by atoms with Gasteiger partial charge in [0.1, 0.15) is 11.8 Å². The second-order valence-corrected chi connectivity index (χ2v) is 6.53. The summed E-state index contributed by atoms with van der Waals surface area (Å²) in [6, 6.07) is 20.1. The monoisotopic (exact) mass is 400 g/mol. The summed E-state index contributed by atoms with van der Waals surface area (Å²) in [6.07, 6.45) is 1.89. The van der Waals surface area contributed by atoms with E-state index in [9.17, 15) is 9.59 Å². The van der Waals surface area contributed by atoms with Gasteiger partial charge < -0.3 is 14.8 Å². The van der Waals surface area contributed by atoms with Gasteiger partial charge in [-0.3, -0.25) is 4.79 Å². The van der Waals surface area contributed by atoms with Crippen LogP contribution in [-0.2, 0) is 14.3 Å². The molecule has 0 radical (unpaired) electrons. The van der Waals surface area contributed by atoms with Crippen LogP contribution in [0.5, 0.6) is 5.75 Å². The number of nitrogens with zero attached hydrogens (tertiary/aromatic N) is 1. The standard InChI is InChI=1S/C24H20N2O4/c1-16(24(28)26-22-6-4-3-5-20(22)15-25)30-23(27)12-8-17-7-9-19-14-21(29-2)11-10-18(19)13-17/h3-14,16H,1-2H3,(H,26,28)/b12-8+/t16-/m0/s1. The summed E-state index contributed by atoms with van der Waals surface area (Å²) in [6.45, 7) is 1.47. The molecule has 0 aliphatic carbocycles. The number of hydrogen-bond donors (Lipinski definition) is 1. The van der Waals surface area contributed by atoms with Crippen molar-refractivity contribution < 1.29 is 19.1 Å². The topological polar surface area (TPSA) is 88.4 Å². The van der Waals surface area contributed by atoms with Gasteiger partial charge in [-0.1, -0.05) is 30.3 Å². The Hall–Kier alpha value is -4.11. The third kappa shape index (κ3) is 5.03. The summed E-state index contributed by atoms with van der Waals surface area (Å²) < 4.78 is 10.4. The van der Waals surface area contributed by atoms with Crippen LogP contribution < -0.4 is 10.1 Å². The quantitative estimate of drug-likeness (QED) is 0.492. The summed E-state index contributed by atoms with van der Waals surface area (Å²) in [5.41, 5.74) is 1.53. The molecule has 0 saturated heterocycles. The Balaban J connectivity index is 1.61. The number of benzene rings is 3. The van der Waals surface area contributed by atoms with Gasteiger partial charge in [-0.15, -0.1) is 0 Å². The predicted octanol–water partition coefficient (Wildman–Crippen LogP) is 4.30. The maximum atomic E-state index is 12.3. The van der Waals surface area contributed by atoms with Crippen LogP contribution in [0, 0.1) is 11.3 Å². The highest BCUT2D eigenvalue weighted by Gasteiger charge is 2.17. The molecule has 0 aliphatic heterocycles. The normalized spacial score (nSPS) is 11.6. The van der Waals surface area contributed by atoms with Crippen molar-refractivity contribution in [3.8, 4) is 11.8 Å². The van der Waals surface area contributed by atoms with E-state index in [1.54, 1.807) is 37.5 Å². The first-order valence-electron chi connectivity index (χ1n) is 9.26. The third-order valence-electron chi connectivity index (χ3n) is 4.45. The van der Waals surface area contributed by atoms with Gasteiger partial charge in [0.15, 0.2) is 6.10 Å². The highest BCUT2D eigenvalue weighted by atomic mass is 16.5. The number of amides is 1. The Morgan fingerprint density at radius 3 is 2.57 bits per heavy atom. The van der Waals surface area contributed by atoms with Crippen molar-refractivity contribution in [3.05, 3.63) is 77.9 Å². The molecule has 3 aromatic carbocycles. The van der Waals surface area contributed by atoms with Crippen LogP contribution in [0.25, 0.3) is 16.8 Å². The zero-order chi connectivity index (χ0) is 21.5. The Morgan fingerprint density at radius 2 is 1.80 bits per heavy atom. The third-order valence-corrected chi connectivity index (χ3v) is 4.45. The lowest BCUT2D eigenvalue weighted by molar-refractivity contribution is -0.148. The molecule has 0 fully saturated rings. The van der Waals surface area contributed by atoms with Crippen LogP contribution in [0.3, 0.4) is 0 Å². The number of para-hydroxylation sites is 1. The second kappa shape index (κ2) is 9.39. The summed E-state index contributed by atoms with van der Waals surface area (Å²) >= 11 is 0. The van der Waals surface area contributed by atoms with Crippen molar-refractivity contribution in [1.82, 2.24) is 0 Å². The van der Waals surface area contributed by atoms with Gasteiger partial charge in [0.2, 0.25) is 0 Å². The maximum Gasteiger partial charge on any atom is 0.331 e. The Morgan fingerprint density at radius 1 is 1.07 bits per heavy atom. The number of anilines is 1. The first kappa shape index (κ1) is 20.6. The Bertz CT molecular complexity index is 1160. The van der Waals surface area contributed by atoms with Gasteiger partial charge in [0.05, 0.1) is 18.4 Å². The lowest BCUT2D eigenvalue weighted by Crippen LogP contribution is -2.29. The fourth-order valence-corrected chi connectivity index (χ4v) is 2.83. The molecule has 6 heteroatoms. The van der Waals surface area contributed by atoms with Gasteiger partial charge in [-0.2, -0.15) is 5.26 Å². The lowest BCUT2D eigenvalue weighted by Gasteiger charge is -2.13. The van der Waals surface area contributed by atoms with Crippen molar-refractivity contribution in [2.24, 2.45) is 0 Å². The Labute approximate surface area is 174 Å². The summed E-state index contributed by atoms with van der Waals surface area (Å²) in [5, 5.41) is 13.7. The van der Waals surface area contributed by atoms with E-state index < -0.39 is 18.0 Å². The molecule has 0 bridgehead atoms. The maximum absolute atomic E-state index is 12.3. The highest BCUT2D eigenvalue weighted by Crippen LogP contribution is 2.22. The predicted molar refractivity (Wildman–Crippen MR) is 115 cm³/mol. The zero-order valence-electron chi connectivity index (χ0n) is 16.6. The number of nitriles is 1. The van der Waals surface area contributed by atoms with Crippen LogP contribution in [0.4, 0.5) is 5.69 Å². The Kier molecular flexibility index (Phi) is 6.46. The van der Waals surface area contributed by atoms with Crippen LogP contribution >= 0.6 is 0 Å². The van der Waals surface area contributed by atoms with Crippen LogP contribution in [0.1, 0.15) is 18.1 Å². The molecule has 0 saturated carbocycles. The van der Waals surface area contributed by atoms with Crippen molar-refractivity contribution in [2.75, 3.05) is 12.4 Å². The molecule has 0 spiro atoms.